The van der Waals surface area contributed by atoms with E-state index < -0.39 is 23.2 Å². The van der Waals surface area contributed by atoms with Crippen LogP contribution in [0.1, 0.15) is 77.7 Å². The molecule has 0 saturated heterocycles. The molecule has 0 aliphatic heterocycles. The van der Waals surface area contributed by atoms with Crippen molar-refractivity contribution in [2.45, 2.75) is 78.6 Å². The molecule has 1 aliphatic rings. The van der Waals surface area contributed by atoms with Crippen LogP contribution >= 0.6 is 0 Å². The molecule has 7 heteroatoms. The van der Waals surface area contributed by atoms with E-state index in [1.807, 2.05) is 24.3 Å². The van der Waals surface area contributed by atoms with Crippen LogP contribution in [-0.2, 0) is 31.6 Å². The molecule has 30 heavy (non-hydrogen) atoms. The van der Waals surface area contributed by atoms with E-state index in [-0.39, 0.29) is 17.7 Å². The van der Waals surface area contributed by atoms with Crippen LogP contribution in [0.2, 0.25) is 0 Å². The Labute approximate surface area is 182 Å². The van der Waals surface area contributed by atoms with Crippen LogP contribution in [0, 0.1) is 17.3 Å². The van der Waals surface area contributed by atoms with E-state index in [0.717, 1.165) is 50.5 Å². The molecule has 2 unspecified atom stereocenters. The lowest BCUT2D eigenvalue weighted by Gasteiger charge is -2.38. The highest BCUT2D eigenvalue weighted by Crippen LogP contribution is 2.44. The van der Waals surface area contributed by atoms with Crippen LogP contribution in [0.5, 0.6) is 0 Å². The largest absolute Gasteiger partial charge is 0.740 e. The molecule has 0 bridgehead atoms. The van der Waals surface area contributed by atoms with Gasteiger partial charge in [-0.2, -0.15) is 0 Å². The summed E-state index contributed by atoms with van der Waals surface area (Å²) in [5, 5.41) is 3.15. The van der Waals surface area contributed by atoms with Crippen molar-refractivity contribution in [1.82, 2.24) is 0 Å². The number of anilines is 1. The lowest BCUT2D eigenvalue weighted by Crippen LogP contribution is -2.40. The summed E-state index contributed by atoms with van der Waals surface area (Å²) in [6, 6.07) is 7.38. The molecule has 1 fully saturated rings. The summed E-state index contributed by atoms with van der Waals surface area (Å²) in [5.41, 5.74) is 1.13. The standard InChI is InChI=1S/C23H35NO5S/c1-4-18(5-2)16-23(13-9-6-10-14-23)22(26)24-20-12-8-7-11-19(20)15-17(3)21(25)29-30(27)28/h7-8,11-12,17-18H,4-6,9-10,13-16H2,1-3H3,(H,24,26)(H,27,28)/p-1. The number of carbonyl (C=O) groups is 2. The van der Waals surface area contributed by atoms with E-state index in [1.54, 1.807) is 6.92 Å². The smallest absolute Gasteiger partial charge is 0.322 e. The van der Waals surface area contributed by atoms with Crippen molar-refractivity contribution < 1.29 is 22.5 Å². The Bertz CT molecular complexity index is 741. The van der Waals surface area contributed by atoms with E-state index >= 15 is 0 Å². The molecule has 2 atom stereocenters. The maximum atomic E-state index is 13.5. The molecule has 0 radical (unpaired) electrons. The van der Waals surface area contributed by atoms with E-state index in [2.05, 4.69) is 23.3 Å². The van der Waals surface area contributed by atoms with Gasteiger partial charge < -0.3 is 14.1 Å². The lowest BCUT2D eigenvalue weighted by atomic mass is 9.67. The van der Waals surface area contributed by atoms with Crippen molar-refractivity contribution >= 4 is 28.9 Å². The summed E-state index contributed by atoms with van der Waals surface area (Å²) in [4.78, 5) is 25.4. The Kier molecular flexibility index (Phi) is 9.49. The van der Waals surface area contributed by atoms with Gasteiger partial charge in [-0.05, 0) is 43.2 Å². The number of nitrogens with one attached hydrogen (secondary N) is 1. The minimum atomic E-state index is -2.87. The highest BCUT2D eigenvalue weighted by atomic mass is 32.2. The predicted octanol–water partition coefficient (Wildman–Crippen LogP) is 4.92. The number of carbonyl (C=O) groups excluding carboxylic acids is 2. The van der Waals surface area contributed by atoms with E-state index in [1.165, 1.54) is 6.42 Å². The normalized spacial score (nSPS) is 17.9. The Morgan fingerprint density at radius 1 is 1.17 bits per heavy atom. The summed E-state index contributed by atoms with van der Waals surface area (Å²) < 4.78 is 25.5. The summed E-state index contributed by atoms with van der Waals surface area (Å²) in [6.45, 7) is 5.99. The SMILES string of the molecule is CCC(CC)CC1(C(=O)Nc2ccccc2CC(C)C(=O)OS(=O)[O-])CCCCC1. The van der Waals surface area contributed by atoms with Crippen LogP contribution in [0.25, 0.3) is 0 Å². The van der Waals surface area contributed by atoms with E-state index in [9.17, 15) is 18.4 Å². The molecular formula is C23H34NO5S-. The highest BCUT2D eigenvalue weighted by molar-refractivity contribution is 7.74. The Morgan fingerprint density at radius 2 is 1.80 bits per heavy atom. The maximum Gasteiger partial charge on any atom is 0.322 e. The number of amides is 1. The highest BCUT2D eigenvalue weighted by Gasteiger charge is 2.40. The molecule has 1 saturated carbocycles. The number of hydrogen-bond acceptors (Lipinski definition) is 5. The number of para-hydroxylation sites is 1. The first kappa shape index (κ1) is 24.5. The predicted molar refractivity (Wildman–Crippen MR) is 117 cm³/mol. The van der Waals surface area contributed by atoms with Gasteiger partial charge in [0.2, 0.25) is 5.91 Å². The summed E-state index contributed by atoms with van der Waals surface area (Å²) in [6.07, 6.45) is 8.49. The van der Waals surface area contributed by atoms with Gasteiger partial charge in [0.15, 0.2) is 0 Å². The van der Waals surface area contributed by atoms with Gasteiger partial charge in [-0.15, -0.1) is 0 Å². The first-order valence-electron chi connectivity index (χ1n) is 11.0. The molecule has 0 aromatic heterocycles. The molecule has 2 rings (SSSR count). The second-order valence-corrected chi connectivity index (χ2v) is 9.13. The molecule has 6 nitrogen and oxygen atoms in total. The van der Waals surface area contributed by atoms with Gasteiger partial charge in [-0.3, -0.25) is 9.59 Å². The van der Waals surface area contributed by atoms with Gasteiger partial charge in [0.1, 0.15) is 11.4 Å². The van der Waals surface area contributed by atoms with Gasteiger partial charge in [-0.1, -0.05) is 71.1 Å². The molecule has 1 amide bonds. The van der Waals surface area contributed by atoms with Crippen LogP contribution in [0.4, 0.5) is 5.69 Å². The molecular weight excluding hydrogens is 402 g/mol. The molecule has 1 aliphatic carbocycles. The minimum absolute atomic E-state index is 0.0671. The molecule has 1 N–H and O–H groups in total. The molecule has 168 valence electrons. The first-order valence-corrected chi connectivity index (χ1v) is 12.0. The summed E-state index contributed by atoms with van der Waals surface area (Å²) in [5.74, 6) is -0.847. The average Bonchev–Trinajstić information content (AvgIpc) is 2.73. The van der Waals surface area contributed by atoms with Crippen molar-refractivity contribution in [3.8, 4) is 0 Å². The Balaban J connectivity index is 2.18. The van der Waals surface area contributed by atoms with Crippen molar-refractivity contribution in [1.29, 1.82) is 0 Å². The number of hydrogen-bond donors (Lipinski definition) is 1. The molecule has 0 heterocycles. The van der Waals surface area contributed by atoms with Gasteiger partial charge in [0.05, 0.1) is 5.92 Å². The fourth-order valence-electron chi connectivity index (χ4n) is 4.52. The molecule has 0 spiro atoms. The zero-order valence-corrected chi connectivity index (χ0v) is 19.1. The Hall–Kier alpha value is -1.73. The fraction of sp³-hybridized carbons (Fsp3) is 0.652. The van der Waals surface area contributed by atoms with E-state index in [0.29, 0.717) is 11.6 Å². The first-order chi connectivity index (χ1) is 14.3. The third-order valence-corrected chi connectivity index (χ3v) is 6.77. The lowest BCUT2D eigenvalue weighted by molar-refractivity contribution is -0.137. The third kappa shape index (κ3) is 6.64. The second-order valence-electron chi connectivity index (χ2n) is 8.55. The van der Waals surface area contributed by atoms with Gasteiger partial charge in [0.25, 0.3) is 0 Å². The second kappa shape index (κ2) is 11.6. The fourth-order valence-corrected chi connectivity index (χ4v) is 4.82. The molecule has 1 aromatic rings. The zero-order valence-electron chi connectivity index (χ0n) is 18.3. The van der Waals surface area contributed by atoms with Crippen molar-refractivity contribution in [3.63, 3.8) is 0 Å². The minimum Gasteiger partial charge on any atom is -0.740 e. The van der Waals surface area contributed by atoms with Crippen molar-refractivity contribution in [2.75, 3.05) is 5.32 Å². The van der Waals surface area contributed by atoms with Crippen LogP contribution < -0.4 is 5.32 Å². The van der Waals surface area contributed by atoms with Crippen molar-refractivity contribution in [3.05, 3.63) is 29.8 Å². The topological polar surface area (TPSA) is 95.5 Å². The number of rotatable bonds is 10. The van der Waals surface area contributed by atoms with Crippen LogP contribution in [-0.4, -0.2) is 20.6 Å². The van der Waals surface area contributed by atoms with Gasteiger partial charge in [0, 0.05) is 11.1 Å². The van der Waals surface area contributed by atoms with Crippen molar-refractivity contribution in [2.24, 2.45) is 17.3 Å². The number of benzene rings is 1. The van der Waals surface area contributed by atoms with Crippen LogP contribution in [0.3, 0.4) is 0 Å². The monoisotopic (exact) mass is 436 g/mol. The summed E-state index contributed by atoms with van der Waals surface area (Å²) >= 11 is -2.87. The average molecular weight is 437 g/mol. The van der Waals surface area contributed by atoms with Gasteiger partial charge >= 0.3 is 5.97 Å². The van der Waals surface area contributed by atoms with Crippen LogP contribution in [0.15, 0.2) is 24.3 Å². The summed E-state index contributed by atoms with van der Waals surface area (Å²) in [7, 11) is 0. The third-order valence-electron chi connectivity index (χ3n) is 6.47. The quantitative estimate of drug-likeness (QED) is 0.525. The van der Waals surface area contributed by atoms with Gasteiger partial charge in [-0.25, -0.2) is 4.21 Å². The zero-order chi connectivity index (χ0) is 22.1. The maximum absolute atomic E-state index is 13.5. The molecule has 1 aromatic carbocycles. The van der Waals surface area contributed by atoms with E-state index in [4.69, 9.17) is 0 Å². The Morgan fingerprint density at radius 3 is 2.40 bits per heavy atom.